The molecule has 1 aromatic heterocycles. The second-order valence-corrected chi connectivity index (χ2v) is 3.89. The molecule has 4 nitrogen and oxygen atoms in total. The Morgan fingerprint density at radius 1 is 1.59 bits per heavy atom. The summed E-state index contributed by atoms with van der Waals surface area (Å²) in [5.41, 5.74) is 0.702. The van der Waals surface area contributed by atoms with E-state index in [0.29, 0.717) is 12.4 Å². The van der Waals surface area contributed by atoms with Gasteiger partial charge in [0.25, 0.3) is 0 Å². The molecule has 0 saturated carbocycles. The first-order valence-corrected chi connectivity index (χ1v) is 5.49. The van der Waals surface area contributed by atoms with Gasteiger partial charge in [-0.05, 0) is 0 Å². The number of hydrogen-bond acceptors (Lipinski definition) is 3. The Hall–Kier alpha value is -2.10. The maximum atomic E-state index is 11.5. The van der Waals surface area contributed by atoms with E-state index in [4.69, 9.17) is 0 Å². The molecule has 0 saturated heterocycles. The average Bonchev–Trinajstić information content (AvgIpc) is 2.41. The summed E-state index contributed by atoms with van der Waals surface area (Å²) in [6, 6.07) is 0. The van der Waals surface area contributed by atoms with Crippen LogP contribution in [0.4, 0.5) is 5.82 Å². The molecule has 1 atom stereocenters. The number of fused-ring (bicyclic) bond motifs is 1. The third-order valence-corrected chi connectivity index (χ3v) is 2.68. The van der Waals surface area contributed by atoms with Crippen LogP contribution in [0.25, 0.3) is 0 Å². The Morgan fingerprint density at radius 3 is 3.18 bits per heavy atom. The van der Waals surface area contributed by atoms with Crippen LogP contribution in [0.1, 0.15) is 11.5 Å². The van der Waals surface area contributed by atoms with E-state index >= 15 is 0 Å². The summed E-state index contributed by atoms with van der Waals surface area (Å²) in [4.78, 5) is 15.6. The Kier molecular flexibility index (Phi) is 3.23. The molecule has 0 spiro atoms. The summed E-state index contributed by atoms with van der Waals surface area (Å²) in [5, 5.41) is 3.14. The summed E-state index contributed by atoms with van der Waals surface area (Å²) in [5.74, 6) is 0.689. The van der Waals surface area contributed by atoms with Crippen LogP contribution in [0.3, 0.4) is 0 Å². The molecule has 1 N–H and O–H groups in total. The van der Waals surface area contributed by atoms with E-state index in [0.717, 1.165) is 5.56 Å². The Balaban J connectivity index is 2.58. The molecule has 2 heterocycles. The highest BCUT2D eigenvalue weighted by atomic mass is 16.1. The van der Waals surface area contributed by atoms with Crippen molar-refractivity contribution in [2.24, 2.45) is 7.05 Å². The lowest BCUT2D eigenvalue weighted by molar-refractivity contribution is 0.790. The van der Waals surface area contributed by atoms with Crippen LogP contribution in [0.2, 0.25) is 0 Å². The highest BCUT2D eigenvalue weighted by Crippen LogP contribution is 2.24. The van der Waals surface area contributed by atoms with Crippen molar-refractivity contribution in [1.29, 1.82) is 0 Å². The fourth-order valence-electron chi connectivity index (χ4n) is 1.74. The minimum atomic E-state index is -0.258. The van der Waals surface area contributed by atoms with Crippen LogP contribution < -0.4 is 11.0 Å². The first-order valence-electron chi connectivity index (χ1n) is 5.49. The summed E-state index contributed by atoms with van der Waals surface area (Å²) in [6.45, 7) is 4.47. The van der Waals surface area contributed by atoms with Crippen LogP contribution in [-0.2, 0) is 7.05 Å². The van der Waals surface area contributed by atoms with Crippen molar-refractivity contribution in [3.05, 3.63) is 59.2 Å². The van der Waals surface area contributed by atoms with E-state index in [1.807, 2.05) is 30.4 Å². The SMILES string of the molecule is C=C[C@@H]1/C=C\C=C/CNc2nc(=O)n(C)cc21. The molecule has 0 bridgehead atoms. The van der Waals surface area contributed by atoms with Gasteiger partial charge < -0.3 is 9.88 Å². The minimum Gasteiger partial charge on any atom is -0.366 e. The normalized spacial score (nSPS) is 22.3. The second kappa shape index (κ2) is 4.82. The predicted molar refractivity (Wildman–Crippen MR) is 69.2 cm³/mol. The van der Waals surface area contributed by atoms with Gasteiger partial charge in [0.15, 0.2) is 0 Å². The van der Waals surface area contributed by atoms with Crippen LogP contribution in [-0.4, -0.2) is 16.1 Å². The molecule has 2 rings (SSSR count). The molecule has 1 aliphatic rings. The van der Waals surface area contributed by atoms with E-state index < -0.39 is 0 Å². The van der Waals surface area contributed by atoms with Crippen molar-refractivity contribution < 1.29 is 0 Å². The van der Waals surface area contributed by atoms with Crippen molar-refractivity contribution >= 4 is 5.82 Å². The molecule has 0 fully saturated rings. The number of anilines is 1. The number of rotatable bonds is 1. The molecular formula is C13H15N3O. The number of allylic oxidation sites excluding steroid dienone is 4. The first kappa shape index (κ1) is 11.4. The molecule has 1 aromatic rings. The van der Waals surface area contributed by atoms with Crippen molar-refractivity contribution in [3.63, 3.8) is 0 Å². The molecule has 88 valence electrons. The number of aryl methyl sites for hydroxylation is 1. The number of nitrogens with zero attached hydrogens (tertiary/aromatic N) is 2. The topological polar surface area (TPSA) is 46.9 Å². The second-order valence-electron chi connectivity index (χ2n) is 3.89. The lowest BCUT2D eigenvalue weighted by Gasteiger charge is -2.14. The molecule has 0 aromatic carbocycles. The third kappa shape index (κ3) is 2.36. The van der Waals surface area contributed by atoms with E-state index in [9.17, 15) is 4.79 Å². The first-order chi connectivity index (χ1) is 8.22. The molecule has 0 radical (unpaired) electrons. The maximum absolute atomic E-state index is 11.5. The zero-order valence-electron chi connectivity index (χ0n) is 9.76. The van der Waals surface area contributed by atoms with Crippen molar-refractivity contribution in [2.75, 3.05) is 11.9 Å². The molecule has 0 amide bonds. The highest BCUT2D eigenvalue weighted by molar-refractivity contribution is 5.49. The van der Waals surface area contributed by atoms with Gasteiger partial charge in [-0.1, -0.05) is 30.4 Å². The molecule has 0 unspecified atom stereocenters. The van der Waals surface area contributed by atoms with Crippen LogP contribution in [0.5, 0.6) is 0 Å². The molecule has 0 aliphatic carbocycles. The maximum Gasteiger partial charge on any atom is 0.349 e. The quantitative estimate of drug-likeness (QED) is 0.744. The van der Waals surface area contributed by atoms with Gasteiger partial charge in [-0.25, -0.2) is 4.79 Å². The standard InChI is InChI=1S/C13H15N3O/c1-3-10-7-5-4-6-8-14-12-11(10)9-16(2)13(17)15-12/h3-7,9-10H,1,8H2,2H3,(H,14,15,17)/b6-4-,7-5-/t10-/m1/s1. The van der Waals surface area contributed by atoms with Gasteiger partial charge in [0, 0.05) is 31.3 Å². The fraction of sp³-hybridized carbons (Fsp3) is 0.231. The smallest absolute Gasteiger partial charge is 0.349 e. The molecule has 17 heavy (non-hydrogen) atoms. The monoisotopic (exact) mass is 229 g/mol. The zero-order valence-corrected chi connectivity index (χ0v) is 9.76. The van der Waals surface area contributed by atoms with Crippen LogP contribution in [0.15, 0.2) is 48.0 Å². The lowest BCUT2D eigenvalue weighted by atomic mass is 10.0. The highest BCUT2D eigenvalue weighted by Gasteiger charge is 2.13. The number of hydrogen-bond donors (Lipinski definition) is 1. The molecule has 1 aliphatic heterocycles. The van der Waals surface area contributed by atoms with E-state index in [1.54, 1.807) is 13.2 Å². The number of aromatic nitrogens is 2. The van der Waals surface area contributed by atoms with Gasteiger partial charge >= 0.3 is 5.69 Å². The number of nitrogens with one attached hydrogen (secondary N) is 1. The van der Waals surface area contributed by atoms with E-state index in [1.165, 1.54) is 4.57 Å². The van der Waals surface area contributed by atoms with E-state index in [-0.39, 0.29) is 11.6 Å². The Morgan fingerprint density at radius 2 is 2.41 bits per heavy atom. The van der Waals surface area contributed by atoms with Gasteiger partial charge in [0.1, 0.15) is 5.82 Å². The van der Waals surface area contributed by atoms with Crippen LogP contribution in [0, 0.1) is 0 Å². The zero-order chi connectivity index (χ0) is 12.3. The van der Waals surface area contributed by atoms with Crippen molar-refractivity contribution in [1.82, 2.24) is 9.55 Å². The summed E-state index contributed by atoms with van der Waals surface area (Å²) in [7, 11) is 1.70. The summed E-state index contributed by atoms with van der Waals surface area (Å²) in [6.07, 6.45) is 11.6. The average molecular weight is 229 g/mol. The van der Waals surface area contributed by atoms with E-state index in [2.05, 4.69) is 16.9 Å². The largest absolute Gasteiger partial charge is 0.366 e. The summed E-state index contributed by atoms with van der Waals surface area (Å²) < 4.78 is 1.48. The fourth-order valence-corrected chi connectivity index (χ4v) is 1.74. The Labute approximate surface area is 100 Å². The van der Waals surface area contributed by atoms with Crippen LogP contribution >= 0.6 is 0 Å². The van der Waals surface area contributed by atoms with Gasteiger partial charge in [-0.15, -0.1) is 6.58 Å². The van der Waals surface area contributed by atoms with Crippen molar-refractivity contribution in [3.8, 4) is 0 Å². The lowest BCUT2D eigenvalue weighted by Crippen LogP contribution is -2.23. The Bertz CT molecular complexity index is 540. The molecular weight excluding hydrogens is 214 g/mol. The minimum absolute atomic E-state index is 0.0551. The van der Waals surface area contributed by atoms with Gasteiger partial charge in [0.2, 0.25) is 0 Å². The van der Waals surface area contributed by atoms with Gasteiger partial charge in [-0.2, -0.15) is 4.98 Å². The predicted octanol–water partition coefficient (Wildman–Crippen LogP) is 1.59. The van der Waals surface area contributed by atoms with Gasteiger partial charge in [0.05, 0.1) is 0 Å². The van der Waals surface area contributed by atoms with Crippen molar-refractivity contribution in [2.45, 2.75) is 5.92 Å². The molecule has 4 heteroatoms. The summed E-state index contributed by atoms with van der Waals surface area (Å²) >= 11 is 0. The third-order valence-electron chi connectivity index (χ3n) is 2.68. The van der Waals surface area contributed by atoms with Gasteiger partial charge in [-0.3, -0.25) is 0 Å².